The van der Waals surface area contributed by atoms with Gasteiger partial charge in [-0.2, -0.15) is 0 Å². The van der Waals surface area contributed by atoms with E-state index in [1.165, 1.54) is 6.92 Å². The summed E-state index contributed by atoms with van der Waals surface area (Å²) < 4.78 is 7.60. The van der Waals surface area contributed by atoms with E-state index in [1.54, 1.807) is 44.3 Å². The van der Waals surface area contributed by atoms with Crippen LogP contribution in [-0.4, -0.2) is 63.1 Å². The highest BCUT2D eigenvalue weighted by molar-refractivity contribution is 6.38. The number of hydrogen-bond donors (Lipinski definition) is 4. The van der Waals surface area contributed by atoms with Gasteiger partial charge >= 0.3 is 0 Å². The summed E-state index contributed by atoms with van der Waals surface area (Å²) >= 11 is 0. The molecule has 0 spiro atoms. The number of aryl methyl sites for hydroxylation is 1. The lowest BCUT2D eigenvalue weighted by atomic mass is 9.94. The Morgan fingerprint density at radius 3 is 2.16 bits per heavy atom. The van der Waals surface area contributed by atoms with Gasteiger partial charge in [0.15, 0.2) is 0 Å². The van der Waals surface area contributed by atoms with Crippen molar-refractivity contribution in [1.29, 1.82) is 0 Å². The van der Waals surface area contributed by atoms with Gasteiger partial charge in [-0.1, -0.05) is 47.0 Å². The minimum absolute atomic E-state index is 0.0339. The number of benzene rings is 1. The van der Waals surface area contributed by atoms with E-state index in [9.17, 15) is 24.0 Å². The quantitative estimate of drug-likeness (QED) is 0.222. The third kappa shape index (κ3) is 10.7. The molecular weight excluding hydrogens is 576 g/mol. The molecular formula is C33H48N6O6. The lowest BCUT2D eigenvalue weighted by molar-refractivity contribution is -0.141. The van der Waals surface area contributed by atoms with Crippen LogP contribution in [0.2, 0.25) is 0 Å². The zero-order chi connectivity index (χ0) is 33.1. The second kappa shape index (κ2) is 16.7. The SMILES string of the molecule is CC(C)CC(NC(=O)c1ccc(OCc2nccn2C)cc1)C(=O)NC(C)C(=O)NC(C(=O)C(=O)NC1CCCCC1)C(C)C. The second-order valence-electron chi connectivity index (χ2n) is 12.6. The first-order valence-corrected chi connectivity index (χ1v) is 15.8. The minimum atomic E-state index is -1.04. The van der Waals surface area contributed by atoms with Gasteiger partial charge in [0.05, 0.1) is 6.04 Å². The average Bonchev–Trinajstić information content (AvgIpc) is 3.42. The van der Waals surface area contributed by atoms with Crippen molar-refractivity contribution in [1.82, 2.24) is 30.8 Å². The third-order valence-corrected chi connectivity index (χ3v) is 7.90. The zero-order valence-corrected chi connectivity index (χ0v) is 27.2. The molecule has 1 aliphatic rings. The van der Waals surface area contributed by atoms with Crippen LogP contribution in [0.1, 0.15) is 89.3 Å². The van der Waals surface area contributed by atoms with E-state index in [0.717, 1.165) is 37.9 Å². The number of nitrogens with zero attached hydrogens (tertiary/aromatic N) is 2. The van der Waals surface area contributed by atoms with Gasteiger partial charge in [0, 0.05) is 31.0 Å². The van der Waals surface area contributed by atoms with Crippen molar-refractivity contribution in [2.75, 3.05) is 0 Å². The lowest BCUT2D eigenvalue weighted by Crippen LogP contribution is -2.57. The number of carbonyl (C=O) groups excluding carboxylic acids is 5. The number of aromatic nitrogens is 2. The number of carbonyl (C=O) groups is 5. The minimum Gasteiger partial charge on any atom is -0.486 e. The maximum atomic E-state index is 13.3. The summed E-state index contributed by atoms with van der Waals surface area (Å²) in [6.45, 7) is 9.11. The lowest BCUT2D eigenvalue weighted by Gasteiger charge is -2.26. The smallest absolute Gasteiger partial charge is 0.289 e. The molecule has 12 nitrogen and oxygen atoms in total. The molecule has 1 fully saturated rings. The van der Waals surface area contributed by atoms with Crippen LogP contribution in [0.25, 0.3) is 0 Å². The van der Waals surface area contributed by atoms with Gasteiger partial charge in [-0.3, -0.25) is 24.0 Å². The number of ketones is 1. The van der Waals surface area contributed by atoms with Crippen molar-refractivity contribution < 1.29 is 28.7 Å². The Labute approximate surface area is 265 Å². The normalized spacial score (nSPS) is 15.6. The van der Waals surface area contributed by atoms with Crippen LogP contribution in [0.15, 0.2) is 36.7 Å². The van der Waals surface area contributed by atoms with E-state index in [1.807, 2.05) is 31.7 Å². The predicted molar refractivity (Wildman–Crippen MR) is 169 cm³/mol. The van der Waals surface area contributed by atoms with Crippen LogP contribution < -0.4 is 26.0 Å². The molecule has 0 aliphatic heterocycles. The molecule has 1 aromatic heterocycles. The summed E-state index contributed by atoms with van der Waals surface area (Å²) in [5.74, 6) is -1.94. The number of imidazole rings is 1. The molecule has 4 N–H and O–H groups in total. The number of amides is 4. The molecule has 12 heteroatoms. The number of ether oxygens (including phenoxy) is 1. The molecule has 0 bridgehead atoms. The Bertz CT molecular complexity index is 1320. The Balaban J connectivity index is 1.57. The van der Waals surface area contributed by atoms with E-state index in [4.69, 9.17) is 4.74 Å². The summed E-state index contributed by atoms with van der Waals surface area (Å²) in [5, 5.41) is 10.9. The first-order chi connectivity index (χ1) is 21.3. The first-order valence-electron chi connectivity index (χ1n) is 15.8. The molecule has 3 atom stereocenters. The van der Waals surface area contributed by atoms with Crippen molar-refractivity contribution in [2.45, 2.75) is 104 Å². The van der Waals surface area contributed by atoms with E-state index >= 15 is 0 Å². The Morgan fingerprint density at radius 2 is 1.58 bits per heavy atom. The van der Waals surface area contributed by atoms with Crippen molar-refractivity contribution >= 4 is 29.4 Å². The van der Waals surface area contributed by atoms with Gasteiger partial charge in [0.1, 0.15) is 30.3 Å². The molecule has 1 aromatic carbocycles. The zero-order valence-electron chi connectivity index (χ0n) is 27.2. The largest absolute Gasteiger partial charge is 0.486 e. The molecule has 3 rings (SSSR count). The molecule has 0 saturated heterocycles. The van der Waals surface area contributed by atoms with Gasteiger partial charge in [0.2, 0.25) is 17.6 Å². The van der Waals surface area contributed by atoms with Crippen LogP contribution in [0.3, 0.4) is 0 Å². The summed E-state index contributed by atoms with van der Waals surface area (Å²) in [7, 11) is 1.87. The molecule has 1 aliphatic carbocycles. The van der Waals surface area contributed by atoms with Gasteiger partial charge < -0.3 is 30.6 Å². The summed E-state index contributed by atoms with van der Waals surface area (Å²) in [6, 6.07) is 3.56. The molecule has 4 amide bonds. The third-order valence-electron chi connectivity index (χ3n) is 7.90. The molecule has 45 heavy (non-hydrogen) atoms. The number of nitrogens with one attached hydrogen (secondary N) is 4. The van der Waals surface area contributed by atoms with Crippen LogP contribution in [-0.2, 0) is 32.8 Å². The first kappa shape index (κ1) is 35.3. The predicted octanol–water partition coefficient (Wildman–Crippen LogP) is 2.81. The molecule has 0 radical (unpaired) electrons. The van der Waals surface area contributed by atoms with Gasteiger partial charge in [-0.15, -0.1) is 0 Å². The van der Waals surface area contributed by atoms with Gasteiger partial charge in [-0.25, -0.2) is 4.98 Å². The van der Waals surface area contributed by atoms with Crippen molar-refractivity contribution in [3.05, 3.63) is 48.0 Å². The maximum Gasteiger partial charge on any atom is 0.289 e. The standard InChI is InChI=1S/C33H48N6O6/c1-20(2)18-26(37-31(42)23-12-14-25(15-13-23)45-19-27-34-16-17-39(27)6)32(43)35-22(5)30(41)38-28(21(3)4)29(40)33(44)36-24-10-8-7-9-11-24/h12-17,20-22,24,26,28H,7-11,18-19H2,1-6H3,(H,35,43)(H,36,44)(H,37,42)(H,38,41). The average molecular weight is 625 g/mol. The highest BCUT2D eigenvalue weighted by Crippen LogP contribution is 2.18. The van der Waals surface area contributed by atoms with Gasteiger partial charge in [0.25, 0.3) is 11.8 Å². The van der Waals surface area contributed by atoms with Crippen LogP contribution in [0.4, 0.5) is 0 Å². The molecule has 1 heterocycles. The number of Topliss-reactive ketones (excluding diaryl/α,β-unsaturated/α-hetero) is 1. The van der Waals surface area contributed by atoms with Crippen LogP contribution >= 0.6 is 0 Å². The second-order valence-corrected chi connectivity index (χ2v) is 12.6. The maximum absolute atomic E-state index is 13.3. The number of rotatable bonds is 15. The van der Waals surface area contributed by atoms with Crippen LogP contribution in [0, 0.1) is 11.8 Å². The Kier molecular flexibility index (Phi) is 13.1. The molecule has 1 saturated carbocycles. The fourth-order valence-electron chi connectivity index (χ4n) is 5.17. The van der Waals surface area contributed by atoms with E-state index in [0.29, 0.717) is 17.7 Å². The summed E-state index contributed by atoms with van der Waals surface area (Å²) in [6.07, 6.45) is 8.65. The molecule has 3 unspecified atom stereocenters. The summed E-state index contributed by atoms with van der Waals surface area (Å²) in [4.78, 5) is 69.3. The summed E-state index contributed by atoms with van der Waals surface area (Å²) in [5.41, 5.74) is 0.344. The van der Waals surface area contributed by atoms with Crippen molar-refractivity contribution in [3.8, 4) is 5.75 Å². The fraction of sp³-hybridized carbons (Fsp3) is 0.576. The topological polar surface area (TPSA) is 161 Å². The van der Waals surface area contributed by atoms with E-state index in [2.05, 4.69) is 26.3 Å². The Hall–Kier alpha value is -4.22. The van der Waals surface area contributed by atoms with Gasteiger partial charge in [-0.05, 0) is 62.3 Å². The van der Waals surface area contributed by atoms with E-state index in [-0.39, 0.29) is 24.5 Å². The van der Waals surface area contributed by atoms with Crippen LogP contribution in [0.5, 0.6) is 5.75 Å². The fourth-order valence-corrected chi connectivity index (χ4v) is 5.17. The van der Waals surface area contributed by atoms with Crippen molar-refractivity contribution in [3.63, 3.8) is 0 Å². The number of hydrogen-bond acceptors (Lipinski definition) is 7. The van der Waals surface area contributed by atoms with Crippen molar-refractivity contribution in [2.24, 2.45) is 18.9 Å². The molecule has 246 valence electrons. The van der Waals surface area contributed by atoms with E-state index < -0.39 is 47.5 Å². The monoisotopic (exact) mass is 624 g/mol. The Morgan fingerprint density at radius 1 is 0.911 bits per heavy atom. The highest BCUT2D eigenvalue weighted by Gasteiger charge is 2.33. The molecule has 2 aromatic rings. The highest BCUT2D eigenvalue weighted by atomic mass is 16.5.